The van der Waals surface area contributed by atoms with Gasteiger partial charge in [-0.1, -0.05) is 6.07 Å². The highest BCUT2D eigenvalue weighted by molar-refractivity contribution is 5.93. The fourth-order valence-corrected chi connectivity index (χ4v) is 2.59. The van der Waals surface area contributed by atoms with Gasteiger partial charge in [0.25, 0.3) is 0 Å². The number of nitrogens with one attached hydrogen (secondary N) is 2. The molecule has 4 nitrogen and oxygen atoms in total. The monoisotopic (exact) mass is 262 g/mol. The van der Waals surface area contributed by atoms with Gasteiger partial charge in [0.2, 0.25) is 5.91 Å². The van der Waals surface area contributed by atoms with E-state index in [1.807, 2.05) is 26.0 Å². The van der Waals surface area contributed by atoms with Crippen LogP contribution in [0.5, 0.6) is 5.75 Å². The fourth-order valence-electron chi connectivity index (χ4n) is 2.59. The molecule has 104 valence electrons. The van der Waals surface area contributed by atoms with E-state index in [-0.39, 0.29) is 5.91 Å². The van der Waals surface area contributed by atoms with E-state index in [4.69, 9.17) is 4.74 Å². The lowest BCUT2D eigenvalue weighted by Crippen LogP contribution is -2.27. The molecule has 1 atom stereocenters. The first-order valence-corrected chi connectivity index (χ1v) is 6.78. The summed E-state index contributed by atoms with van der Waals surface area (Å²) in [5.41, 5.74) is 2.95. The van der Waals surface area contributed by atoms with Crippen molar-refractivity contribution in [2.75, 3.05) is 19.0 Å². The number of amides is 1. The molecule has 0 aromatic heterocycles. The number of carbonyl (C=O) groups is 1. The predicted octanol–water partition coefficient (Wildman–Crippen LogP) is 2.39. The van der Waals surface area contributed by atoms with Crippen LogP contribution in [0.4, 0.5) is 5.69 Å². The van der Waals surface area contributed by atoms with Crippen LogP contribution in [-0.2, 0) is 4.79 Å². The van der Waals surface area contributed by atoms with E-state index in [1.54, 1.807) is 7.11 Å². The second kappa shape index (κ2) is 6.06. The molecule has 4 heteroatoms. The molecule has 1 heterocycles. The third kappa shape index (κ3) is 3.47. The minimum absolute atomic E-state index is 0.0460. The summed E-state index contributed by atoms with van der Waals surface area (Å²) in [5, 5.41) is 6.31. The summed E-state index contributed by atoms with van der Waals surface area (Å²) in [4.78, 5) is 12.1. The Kier molecular flexibility index (Phi) is 4.43. The van der Waals surface area contributed by atoms with Gasteiger partial charge in [0.1, 0.15) is 5.75 Å². The third-order valence-corrected chi connectivity index (χ3v) is 3.52. The lowest BCUT2D eigenvalue weighted by molar-refractivity contribution is -0.116. The van der Waals surface area contributed by atoms with Crippen molar-refractivity contribution in [3.05, 3.63) is 23.3 Å². The number of rotatable bonds is 4. The number of aryl methyl sites for hydroxylation is 2. The number of hydrogen-bond donors (Lipinski definition) is 2. The van der Waals surface area contributed by atoms with Crippen LogP contribution in [0.2, 0.25) is 0 Å². The number of hydrogen-bond acceptors (Lipinski definition) is 3. The van der Waals surface area contributed by atoms with Gasteiger partial charge in [-0.05, 0) is 50.4 Å². The van der Waals surface area contributed by atoms with Gasteiger partial charge in [-0.2, -0.15) is 0 Å². The van der Waals surface area contributed by atoms with Crippen LogP contribution in [0.1, 0.15) is 30.4 Å². The molecule has 1 aromatic rings. The number of carbonyl (C=O) groups excluding carboxylic acids is 1. The van der Waals surface area contributed by atoms with Gasteiger partial charge < -0.3 is 15.4 Å². The van der Waals surface area contributed by atoms with Gasteiger partial charge in [0, 0.05) is 12.5 Å². The molecule has 0 spiro atoms. The average molecular weight is 262 g/mol. The number of methoxy groups -OCH3 is 1. The first kappa shape index (κ1) is 13.9. The van der Waals surface area contributed by atoms with Crippen molar-refractivity contribution in [1.29, 1.82) is 0 Å². The summed E-state index contributed by atoms with van der Waals surface area (Å²) in [6.45, 7) is 5.02. The highest BCUT2D eigenvalue weighted by atomic mass is 16.5. The zero-order valence-electron chi connectivity index (χ0n) is 11.9. The van der Waals surface area contributed by atoms with E-state index in [0.29, 0.717) is 12.5 Å². The van der Waals surface area contributed by atoms with Crippen molar-refractivity contribution >= 4 is 11.6 Å². The quantitative estimate of drug-likeness (QED) is 0.876. The maximum absolute atomic E-state index is 12.1. The Morgan fingerprint density at radius 3 is 2.89 bits per heavy atom. The molecule has 1 aliphatic heterocycles. The van der Waals surface area contributed by atoms with Crippen molar-refractivity contribution in [3.8, 4) is 5.75 Å². The molecular formula is C15H22N2O2. The molecule has 0 saturated carbocycles. The largest absolute Gasteiger partial charge is 0.495 e. The molecule has 1 fully saturated rings. The summed E-state index contributed by atoms with van der Waals surface area (Å²) >= 11 is 0. The summed E-state index contributed by atoms with van der Waals surface area (Å²) in [6.07, 6.45) is 2.76. The van der Waals surface area contributed by atoms with Crippen LogP contribution in [0.25, 0.3) is 0 Å². The maximum Gasteiger partial charge on any atom is 0.226 e. The minimum atomic E-state index is 0.0460. The summed E-state index contributed by atoms with van der Waals surface area (Å²) in [5.74, 6) is 0.773. The molecule has 0 radical (unpaired) electrons. The van der Waals surface area contributed by atoms with Crippen LogP contribution in [0.15, 0.2) is 12.1 Å². The van der Waals surface area contributed by atoms with E-state index in [2.05, 4.69) is 10.6 Å². The van der Waals surface area contributed by atoms with E-state index in [1.165, 1.54) is 0 Å². The standard InChI is InChI=1S/C15H22N2O2/c1-10-7-11(2)15(13(8-10)19-3)17-14(18)9-12-5-4-6-16-12/h7-8,12,16H,4-6,9H2,1-3H3,(H,17,18). The van der Waals surface area contributed by atoms with E-state index >= 15 is 0 Å². The molecule has 1 unspecified atom stereocenters. The molecule has 1 saturated heterocycles. The van der Waals surface area contributed by atoms with Crippen LogP contribution in [0.3, 0.4) is 0 Å². The smallest absolute Gasteiger partial charge is 0.226 e. The minimum Gasteiger partial charge on any atom is -0.495 e. The van der Waals surface area contributed by atoms with E-state index < -0.39 is 0 Å². The average Bonchev–Trinajstić information content (AvgIpc) is 2.85. The lowest BCUT2D eigenvalue weighted by Gasteiger charge is -2.15. The fraction of sp³-hybridized carbons (Fsp3) is 0.533. The SMILES string of the molecule is COc1cc(C)cc(C)c1NC(=O)CC1CCCN1. The number of ether oxygens (including phenoxy) is 1. The molecule has 1 amide bonds. The van der Waals surface area contributed by atoms with Gasteiger partial charge in [-0.3, -0.25) is 4.79 Å². The molecule has 19 heavy (non-hydrogen) atoms. The van der Waals surface area contributed by atoms with Gasteiger partial charge in [0.15, 0.2) is 0 Å². The highest BCUT2D eigenvalue weighted by Crippen LogP contribution is 2.29. The van der Waals surface area contributed by atoms with Crippen LogP contribution < -0.4 is 15.4 Å². The summed E-state index contributed by atoms with van der Waals surface area (Å²) < 4.78 is 5.35. The van der Waals surface area contributed by atoms with E-state index in [9.17, 15) is 4.79 Å². The predicted molar refractivity (Wildman–Crippen MR) is 76.7 cm³/mol. The number of anilines is 1. The van der Waals surface area contributed by atoms with Crippen molar-refractivity contribution in [3.63, 3.8) is 0 Å². The van der Waals surface area contributed by atoms with Gasteiger partial charge in [-0.25, -0.2) is 0 Å². The zero-order valence-corrected chi connectivity index (χ0v) is 11.9. The van der Waals surface area contributed by atoms with Crippen LogP contribution in [0, 0.1) is 13.8 Å². The Morgan fingerprint density at radius 1 is 1.47 bits per heavy atom. The van der Waals surface area contributed by atoms with Gasteiger partial charge in [-0.15, -0.1) is 0 Å². The Balaban J connectivity index is 2.07. The molecule has 0 aliphatic carbocycles. The molecule has 2 rings (SSSR count). The number of benzene rings is 1. The zero-order chi connectivity index (χ0) is 13.8. The van der Waals surface area contributed by atoms with Crippen LogP contribution in [-0.4, -0.2) is 25.6 Å². The first-order valence-electron chi connectivity index (χ1n) is 6.78. The Morgan fingerprint density at radius 2 is 2.26 bits per heavy atom. The highest BCUT2D eigenvalue weighted by Gasteiger charge is 2.19. The maximum atomic E-state index is 12.1. The van der Waals surface area contributed by atoms with Gasteiger partial charge >= 0.3 is 0 Å². The van der Waals surface area contributed by atoms with Crippen molar-refractivity contribution in [2.24, 2.45) is 0 Å². The molecule has 2 N–H and O–H groups in total. The normalized spacial score (nSPS) is 18.4. The summed E-state index contributed by atoms with van der Waals surface area (Å²) in [7, 11) is 1.63. The van der Waals surface area contributed by atoms with Crippen molar-refractivity contribution < 1.29 is 9.53 Å². The molecule has 1 aromatic carbocycles. The Hall–Kier alpha value is -1.55. The Labute approximate surface area is 114 Å². The van der Waals surface area contributed by atoms with E-state index in [0.717, 1.165) is 42.0 Å². The van der Waals surface area contributed by atoms with Crippen molar-refractivity contribution in [2.45, 2.75) is 39.2 Å². The first-order chi connectivity index (χ1) is 9.10. The molecular weight excluding hydrogens is 240 g/mol. The molecule has 1 aliphatic rings. The summed E-state index contributed by atoms with van der Waals surface area (Å²) in [6, 6.07) is 4.30. The second-order valence-corrected chi connectivity index (χ2v) is 5.20. The topological polar surface area (TPSA) is 50.4 Å². The molecule has 0 bridgehead atoms. The van der Waals surface area contributed by atoms with Crippen LogP contribution >= 0.6 is 0 Å². The second-order valence-electron chi connectivity index (χ2n) is 5.20. The third-order valence-electron chi connectivity index (χ3n) is 3.52. The lowest BCUT2D eigenvalue weighted by atomic mass is 10.1. The Bertz CT molecular complexity index is 465. The van der Waals surface area contributed by atoms with Gasteiger partial charge in [0.05, 0.1) is 12.8 Å². The van der Waals surface area contributed by atoms with Crippen molar-refractivity contribution in [1.82, 2.24) is 5.32 Å².